The second-order valence-corrected chi connectivity index (χ2v) is 5.45. The highest BCUT2D eigenvalue weighted by molar-refractivity contribution is 5.26. The maximum atomic E-state index is 5.39. The van der Waals surface area contributed by atoms with Gasteiger partial charge in [0.05, 0.1) is 0 Å². The lowest BCUT2D eigenvalue weighted by Crippen LogP contribution is -2.33. The predicted molar refractivity (Wildman–Crippen MR) is 76.3 cm³/mol. The minimum Gasteiger partial charge on any atom is -0.339 e. The van der Waals surface area contributed by atoms with Gasteiger partial charge in [0.1, 0.15) is 0 Å². The molecule has 1 aromatic heterocycles. The van der Waals surface area contributed by atoms with Crippen LogP contribution < -0.4 is 10.2 Å². The molecule has 2 atom stereocenters. The fourth-order valence-electron chi connectivity index (χ4n) is 2.77. The van der Waals surface area contributed by atoms with Gasteiger partial charge in [-0.1, -0.05) is 6.92 Å². The van der Waals surface area contributed by atoms with Gasteiger partial charge in [-0.15, -0.1) is 0 Å². The molecule has 1 aliphatic heterocycles. The van der Waals surface area contributed by atoms with E-state index in [2.05, 4.69) is 41.1 Å². The van der Waals surface area contributed by atoms with E-state index in [1.165, 1.54) is 12.8 Å². The first-order chi connectivity index (χ1) is 9.24. The van der Waals surface area contributed by atoms with Crippen LogP contribution in [0.15, 0.2) is 4.52 Å². The van der Waals surface area contributed by atoms with Crippen molar-refractivity contribution >= 4 is 5.95 Å². The summed E-state index contributed by atoms with van der Waals surface area (Å²) in [4.78, 5) is 6.63. The zero-order valence-corrected chi connectivity index (χ0v) is 12.4. The van der Waals surface area contributed by atoms with E-state index in [1.54, 1.807) is 0 Å². The van der Waals surface area contributed by atoms with Crippen LogP contribution in [0.5, 0.6) is 0 Å². The molecule has 2 rings (SSSR count). The fourth-order valence-corrected chi connectivity index (χ4v) is 2.77. The van der Waals surface area contributed by atoms with Crippen LogP contribution in [0, 0.1) is 11.8 Å². The van der Waals surface area contributed by atoms with Gasteiger partial charge in [0.25, 0.3) is 5.95 Å². The summed E-state index contributed by atoms with van der Waals surface area (Å²) in [5.74, 6) is 2.84. The third kappa shape index (κ3) is 3.69. The van der Waals surface area contributed by atoms with Crippen molar-refractivity contribution in [3.63, 3.8) is 0 Å². The van der Waals surface area contributed by atoms with Crippen molar-refractivity contribution in [1.29, 1.82) is 0 Å². The van der Waals surface area contributed by atoms with Gasteiger partial charge < -0.3 is 14.7 Å². The Morgan fingerprint density at radius 1 is 1.42 bits per heavy atom. The molecule has 0 saturated carbocycles. The van der Waals surface area contributed by atoms with Crippen molar-refractivity contribution in [2.24, 2.45) is 11.8 Å². The van der Waals surface area contributed by atoms with E-state index in [9.17, 15) is 0 Å². The molecule has 19 heavy (non-hydrogen) atoms. The third-order valence-corrected chi connectivity index (χ3v) is 4.14. The van der Waals surface area contributed by atoms with Gasteiger partial charge in [-0.25, -0.2) is 0 Å². The Morgan fingerprint density at radius 2 is 2.21 bits per heavy atom. The van der Waals surface area contributed by atoms with E-state index in [-0.39, 0.29) is 0 Å². The van der Waals surface area contributed by atoms with Crippen molar-refractivity contribution in [2.75, 3.05) is 31.1 Å². The zero-order chi connectivity index (χ0) is 13.7. The van der Waals surface area contributed by atoms with Gasteiger partial charge in [-0.3, -0.25) is 0 Å². The minimum atomic E-state index is 0.595. The van der Waals surface area contributed by atoms with Crippen molar-refractivity contribution < 1.29 is 4.52 Å². The van der Waals surface area contributed by atoms with Crippen LogP contribution in [-0.4, -0.2) is 36.3 Å². The number of nitrogens with zero attached hydrogens (tertiary/aromatic N) is 3. The van der Waals surface area contributed by atoms with E-state index in [1.807, 2.05) is 0 Å². The Morgan fingerprint density at radius 3 is 2.84 bits per heavy atom. The van der Waals surface area contributed by atoms with Gasteiger partial charge >= 0.3 is 0 Å². The minimum absolute atomic E-state index is 0.595. The highest BCUT2D eigenvalue weighted by Gasteiger charge is 2.22. The Bertz CT molecular complexity index is 369. The molecule has 1 aromatic rings. The lowest BCUT2D eigenvalue weighted by molar-refractivity contribution is 0.257. The average molecular weight is 266 g/mol. The SMILES string of the molecule is CCN(CC)c1noc(CC(C)C2CCCNC2)n1. The van der Waals surface area contributed by atoms with Crippen LogP contribution in [0.3, 0.4) is 0 Å². The zero-order valence-electron chi connectivity index (χ0n) is 12.4. The first kappa shape index (κ1) is 14.3. The van der Waals surface area contributed by atoms with E-state index >= 15 is 0 Å². The number of anilines is 1. The van der Waals surface area contributed by atoms with E-state index in [0.29, 0.717) is 5.92 Å². The maximum absolute atomic E-state index is 5.39. The smallest absolute Gasteiger partial charge is 0.266 e. The predicted octanol–water partition coefficient (Wildman–Crippen LogP) is 2.09. The number of aromatic nitrogens is 2. The second kappa shape index (κ2) is 6.89. The molecule has 1 fully saturated rings. The molecule has 1 saturated heterocycles. The first-order valence-electron chi connectivity index (χ1n) is 7.52. The summed E-state index contributed by atoms with van der Waals surface area (Å²) < 4.78 is 5.39. The molecule has 0 bridgehead atoms. The molecule has 0 aromatic carbocycles. The summed E-state index contributed by atoms with van der Waals surface area (Å²) in [7, 11) is 0. The molecule has 1 N–H and O–H groups in total. The molecule has 0 aliphatic carbocycles. The number of piperidine rings is 1. The molecule has 5 heteroatoms. The van der Waals surface area contributed by atoms with E-state index < -0.39 is 0 Å². The van der Waals surface area contributed by atoms with Crippen LogP contribution in [0.25, 0.3) is 0 Å². The van der Waals surface area contributed by atoms with Crippen molar-refractivity contribution in [3.8, 4) is 0 Å². The van der Waals surface area contributed by atoms with Gasteiger partial charge in [0, 0.05) is 19.5 Å². The Labute approximate surface area is 115 Å². The van der Waals surface area contributed by atoms with Gasteiger partial charge in [0.15, 0.2) is 0 Å². The van der Waals surface area contributed by atoms with E-state index in [4.69, 9.17) is 4.52 Å². The molecule has 108 valence electrons. The molecule has 2 heterocycles. The molecule has 1 aliphatic rings. The van der Waals surface area contributed by atoms with Crippen LogP contribution in [0.1, 0.15) is 39.5 Å². The molecule has 5 nitrogen and oxygen atoms in total. The summed E-state index contributed by atoms with van der Waals surface area (Å²) in [5.41, 5.74) is 0. The Balaban J connectivity index is 1.91. The summed E-state index contributed by atoms with van der Waals surface area (Å²) in [6.07, 6.45) is 3.48. The highest BCUT2D eigenvalue weighted by Crippen LogP contribution is 2.23. The number of rotatable bonds is 6. The topological polar surface area (TPSA) is 54.2 Å². The van der Waals surface area contributed by atoms with Crippen LogP contribution in [0.2, 0.25) is 0 Å². The quantitative estimate of drug-likeness (QED) is 0.854. The van der Waals surface area contributed by atoms with Crippen molar-refractivity contribution in [1.82, 2.24) is 15.5 Å². The molecular formula is C14H26N4O. The summed E-state index contributed by atoms with van der Waals surface area (Å²) >= 11 is 0. The van der Waals surface area contributed by atoms with Crippen LogP contribution in [0.4, 0.5) is 5.95 Å². The first-order valence-corrected chi connectivity index (χ1v) is 7.52. The summed E-state index contributed by atoms with van der Waals surface area (Å²) in [5, 5.41) is 7.55. The van der Waals surface area contributed by atoms with Crippen molar-refractivity contribution in [2.45, 2.75) is 40.0 Å². The van der Waals surface area contributed by atoms with Gasteiger partial charge in [0.2, 0.25) is 5.89 Å². The lowest BCUT2D eigenvalue weighted by atomic mass is 9.85. The standard InChI is InChI=1S/C14H26N4O/c1-4-18(5-2)14-16-13(19-17-14)9-11(3)12-7-6-8-15-10-12/h11-12,15H,4-10H2,1-3H3. The number of hydrogen-bond donors (Lipinski definition) is 1. The second-order valence-electron chi connectivity index (χ2n) is 5.45. The highest BCUT2D eigenvalue weighted by atomic mass is 16.5. The Hall–Kier alpha value is -1.10. The van der Waals surface area contributed by atoms with E-state index in [0.717, 1.165) is 50.4 Å². The third-order valence-electron chi connectivity index (χ3n) is 4.14. The molecular weight excluding hydrogens is 240 g/mol. The summed E-state index contributed by atoms with van der Waals surface area (Å²) in [6, 6.07) is 0. The molecule has 0 amide bonds. The van der Waals surface area contributed by atoms with Gasteiger partial charge in [-0.2, -0.15) is 4.98 Å². The molecule has 0 radical (unpaired) electrons. The largest absolute Gasteiger partial charge is 0.339 e. The van der Waals surface area contributed by atoms with Crippen LogP contribution in [-0.2, 0) is 6.42 Å². The van der Waals surface area contributed by atoms with Gasteiger partial charge in [-0.05, 0) is 56.8 Å². The molecule has 2 unspecified atom stereocenters. The summed E-state index contributed by atoms with van der Waals surface area (Å²) in [6.45, 7) is 10.6. The average Bonchev–Trinajstić information content (AvgIpc) is 2.89. The lowest BCUT2D eigenvalue weighted by Gasteiger charge is -2.27. The normalized spacial score (nSPS) is 21.3. The monoisotopic (exact) mass is 266 g/mol. The molecule has 0 spiro atoms. The fraction of sp³-hybridized carbons (Fsp3) is 0.857. The maximum Gasteiger partial charge on any atom is 0.266 e. The van der Waals surface area contributed by atoms with Crippen molar-refractivity contribution in [3.05, 3.63) is 5.89 Å². The number of nitrogens with one attached hydrogen (secondary N) is 1. The van der Waals surface area contributed by atoms with Crippen LogP contribution >= 0.6 is 0 Å². The Kier molecular flexibility index (Phi) is 5.19. The number of hydrogen-bond acceptors (Lipinski definition) is 5.